The number of piperazine rings is 1. The van der Waals surface area contributed by atoms with Crippen LogP contribution in [0.2, 0.25) is 0 Å². The molecule has 0 spiro atoms. The number of fused-ring (bicyclic) bond motifs is 2. The Kier molecular flexibility index (Phi) is 8.42. The van der Waals surface area contributed by atoms with Gasteiger partial charge in [-0.05, 0) is 49.0 Å². The number of urea groups is 1. The Bertz CT molecular complexity index is 1020. The fourth-order valence-corrected chi connectivity index (χ4v) is 5.54. The van der Waals surface area contributed by atoms with Crippen LogP contribution in [0.25, 0.3) is 0 Å². The molecule has 7 nitrogen and oxygen atoms in total. The van der Waals surface area contributed by atoms with Gasteiger partial charge in [-0.3, -0.25) is 4.90 Å². The van der Waals surface area contributed by atoms with Gasteiger partial charge >= 0.3 is 6.03 Å². The van der Waals surface area contributed by atoms with Crippen molar-refractivity contribution in [3.05, 3.63) is 59.7 Å². The van der Waals surface area contributed by atoms with E-state index in [2.05, 4.69) is 60.7 Å². The van der Waals surface area contributed by atoms with Crippen molar-refractivity contribution in [3.63, 3.8) is 0 Å². The van der Waals surface area contributed by atoms with Gasteiger partial charge in [0, 0.05) is 51.4 Å². The highest BCUT2D eigenvalue weighted by Gasteiger charge is 2.44. The summed E-state index contributed by atoms with van der Waals surface area (Å²) in [7, 11) is 1.72. The Morgan fingerprint density at radius 2 is 1.97 bits per heavy atom. The number of ether oxygens (including phenoxy) is 1. The van der Waals surface area contributed by atoms with Crippen LogP contribution in [0.15, 0.2) is 59.7 Å². The number of methoxy groups -OCH3 is 1. The van der Waals surface area contributed by atoms with Gasteiger partial charge in [-0.15, -0.1) is 0 Å². The average molecular weight is 495 g/mol. The van der Waals surface area contributed by atoms with Gasteiger partial charge in [-0.25, -0.2) is 4.79 Å². The van der Waals surface area contributed by atoms with Crippen LogP contribution in [0, 0.1) is 5.92 Å². The highest BCUT2D eigenvalue weighted by molar-refractivity contribution is 5.76. The van der Waals surface area contributed by atoms with Crippen molar-refractivity contribution < 1.29 is 14.6 Å². The lowest BCUT2D eigenvalue weighted by Crippen LogP contribution is -2.49. The molecule has 3 atom stereocenters. The van der Waals surface area contributed by atoms with Crippen molar-refractivity contribution in [1.82, 2.24) is 15.1 Å². The van der Waals surface area contributed by atoms with Crippen LogP contribution < -0.4 is 15.0 Å². The van der Waals surface area contributed by atoms with E-state index < -0.39 is 6.10 Å². The summed E-state index contributed by atoms with van der Waals surface area (Å²) in [6.07, 6.45) is 5.25. The van der Waals surface area contributed by atoms with Crippen LogP contribution in [-0.2, 0) is 0 Å². The molecule has 2 amide bonds. The minimum atomic E-state index is -0.461. The molecule has 2 N–H and O–H groups in total. The van der Waals surface area contributed by atoms with Gasteiger partial charge in [0.1, 0.15) is 5.75 Å². The zero-order valence-electron chi connectivity index (χ0n) is 22.2. The van der Waals surface area contributed by atoms with Crippen molar-refractivity contribution in [2.24, 2.45) is 5.92 Å². The maximum Gasteiger partial charge on any atom is 0.318 e. The molecule has 4 rings (SSSR count). The number of carbonyl (C=O) groups excluding carboxylic acids is 1. The lowest BCUT2D eigenvalue weighted by atomic mass is 10.0. The van der Waals surface area contributed by atoms with Crippen LogP contribution >= 0.6 is 0 Å². The Balaban J connectivity index is 1.20. The zero-order chi connectivity index (χ0) is 25.8. The summed E-state index contributed by atoms with van der Waals surface area (Å²) < 4.78 is 5.56. The Hall–Kier alpha value is -2.77. The molecule has 2 saturated heterocycles. The van der Waals surface area contributed by atoms with E-state index in [0.29, 0.717) is 50.6 Å². The number of likely N-dealkylation sites (tertiary alicyclic amines) is 1. The van der Waals surface area contributed by atoms with Gasteiger partial charge in [-0.1, -0.05) is 50.3 Å². The molecule has 196 valence electrons. The topological polar surface area (TPSA) is 68.3 Å². The number of amides is 2. The molecule has 3 aliphatic rings. The summed E-state index contributed by atoms with van der Waals surface area (Å²) in [6.45, 7) is 14.6. The van der Waals surface area contributed by atoms with Crippen molar-refractivity contribution in [2.45, 2.75) is 51.8 Å². The average Bonchev–Trinajstić information content (AvgIpc) is 3.58. The molecule has 0 aromatic heterocycles. The number of hydrogen-bond donors (Lipinski definition) is 2. The molecule has 3 unspecified atom stereocenters. The number of nitrogens with zero attached hydrogens (tertiary/aromatic N) is 3. The monoisotopic (exact) mass is 494 g/mol. The first kappa shape index (κ1) is 26.3. The number of carbonyl (C=O) groups is 1. The molecule has 36 heavy (non-hydrogen) atoms. The number of anilines is 1. The third-order valence-electron chi connectivity index (χ3n) is 7.93. The van der Waals surface area contributed by atoms with Crippen molar-refractivity contribution >= 4 is 11.7 Å². The van der Waals surface area contributed by atoms with E-state index in [1.165, 1.54) is 5.57 Å². The number of aliphatic hydroxyl groups is 1. The van der Waals surface area contributed by atoms with Gasteiger partial charge in [0.2, 0.25) is 0 Å². The molecule has 7 heteroatoms. The summed E-state index contributed by atoms with van der Waals surface area (Å²) in [5, 5.41) is 13.7. The fourth-order valence-electron chi connectivity index (χ4n) is 5.54. The number of hydrogen-bond acceptors (Lipinski definition) is 5. The van der Waals surface area contributed by atoms with E-state index in [1.54, 1.807) is 7.11 Å². The summed E-state index contributed by atoms with van der Waals surface area (Å²) in [6, 6.07) is 9.00. The van der Waals surface area contributed by atoms with E-state index in [4.69, 9.17) is 4.74 Å². The highest BCUT2D eigenvalue weighted by Crippen LogP contribution is 2.38. The number of rotatable bonds is 10. The molecule has 1 aromatic rings. The highest BCUT2D eigenvalue weighted by atomic mass is 16.5. The zero-order valence-corrected chi connectivity index (χ0v) is 22.2. The normalized spacial score (nSPS) is 23.1. The number of allylic oxidation sites excluding steroid dienone is 1. The van der Waals surface area contributed by atoms with Crippen LogP contribution in [0.1, 0.15) is 33.6 Å². The SMILES string of the molecule is C=CC1=C(/C=C(/C)C(C)C)CN(C(=O)NCCC(O)CN2CC3CC2CN3c2ccccc2OC)C1. The molecule has 2 bridgehead atoms. The van der Waals surface area contributed by atoms with Crippen LogP contribution in [0.4, 0.5) is 10.5 Å². The van der Waals surface area contributed by atoms with Gasteiger partial charge in [0.05, 0.1) is 18.9 Å². The predicted molar refractivity (Wildman–Crippen MR) is 146 cm³/mol. The Labute approximate surface area is 216 Å². The first-order valence-electron chi connectivity index (χ1n) is 13.2. The van der Waals surface area contributed by atoms with E-state index in [9.17, 15) is 9.90 Å². The number of nitrogens with one attached hydrogen (secondary N) is 1. The molecule has 0 aliphatic carbocycles. The number of β-amino-alcohol motifs (C(OH)–C–C–N with tert-alkyl or cyclic N) is 1. The number of para-hydroxylation sites is 2. The van der Waals surface area contributed by atoms with Crippen LogP contribution in [-0.4, -0.2) is 85.5 Å². The lowest BCUT2D eigenvalue weighted by Gasteiger charge is -2.37. The van der Waals surface area contributed by atoms with Crippen LogP contribution in [0.3, 0.4) is 0 Å². The molecule has 0 radical (unpaired) electrons. The molecule has 0 saturated carbocycles. The minimum Gasteiger partial charge on any atom is -0.495 e. The first-order chi connectivity index (χ1) is 17.3. The second-order valence-electron chi connectivity index (χ2n) is 10.6. The Morgan fingerprint density at radius 1 is 1.22 bits per heavy atom. The molecule has 3 aliphatic heterocycles. The molecule has 1 aromatic carbocycles. The second kappa shape index (κ2) is 11.5. The number of benzene rings is 1. The fraction of sp³-hybridized carbons (Fsp3) is 0.552. The summed E-state index contributed by atoms with van der Waals surface area (Å²) in [5.41, 5.74) is 4.73. The summed E-state index contributed by atoms with van der Waals surface area (Å²) in [4.78, 5) is 19.4. The van der Waals surface area contributed by atoms with Crippen molar-refractivity contribution in [2.75, 3.05) is 51.3 Å². The lowest BCUT2D eigenvalue weighted by molar-refractivity contribution is 0.0954. The molecular formula is C29H42N4O3. The van der Waals surface area contributed by atoms with Gasteiger partial charge < -0.3 is 25.0 Å². The van der Waals surface area contributed by atoms with E-state index in [1.807, 2.05) is 23.1 Å². The third kappa shape index (κ3) is 5.79. The van der Waals surface area contributed by atoms with E-state index >= 15 is 0 Å². The van der Waals surface area contributed by atoms with Gasteiger partial charge in [-0.2, -0.15) is 0 Å². The van der Waals surface area contributed by atoms with Crippen molar-refractivity contribution in [1.29, 1.82) is 0 Å². The van der Waals surface area contributed by atoms with E-state index in [0.717, 1.165) is 42.1 Å². The predicted octanol–water partition coefficient (Wildman–Crippen LogP) is 3.82. The van der Waals surface area contributed by atoms with Gasteiger partial charge in [0.15, 0.2) is 0 Å². The summed E-state index contributed by atoms with van der Waals surface area (Å²) >= 11 is 0. The largest absolute Gasteiger partial charge is 0.495 e. The summed E-state index contributed by atoms with van der Waals surface area (Å²) in [5.74, 6) is 1.39. The quantitative estimate of drug-likeness (QED) is 0.518. The molecule has 3 heterocycles. The maximum absolute atomic E-state index is 12.8. The Morgan fingerprint density at radius 3 is 2.64 bits per heavy atom. The standard InChI is InChI=1S/C29H42N4O3/c1-6-22-15-32(16-23(22)13-21(4)20(2)3)29(35)30-12-11-26(34)19-31-17-25-14-24(31)18-33(25)27-9-7-8-10-28(27)36-5/h6-10,13,20,24-26,34H,1,11-12,14-19H2,2-5H3,(H,30,35)/b21-13-. The van der Waals surface area contributed by atoms with Gasteiger partial charge in [0.25, 0.3) is 0 Å². The van der Waals surface area contributed by atoms with E-state index in [-0.39, 0.29) is 6.03 Å². The first-order valence-corrected chi connectivity index (χ1v) is 13.2. The number of aliphatic hydroxyl groups excluding tert-OH is 1. The molecular weight excluding hydrogens is 452 g/mol. The third-order valence-corrected chi connectivity index (χ3v) is 7.93. The van der Waals surface area contributed by atoms with Crippen molar-refractivity contribution in [3.8, 4) is 5.75 Å². The minimum absolute atomic E-state index is 0.0835. The second-order valence-corrected chi connectivity index (χ2v) is 10.6. The van der Waals surface area contributed by atoms with Crippen LogP contribution in [0.5, 0.6) is 5.75 Å². The smallest absolute Gasteiger partial charge is 0.318 e. The molecule has 2 fully saturated rings. The maximum atomic E-state index is 12.8.